The van der Waals surface area contributed by atoms with Crippen LogP contribution in [0.4, 0.5) is 11.8 Å². The molecular weight excluding hydrogens is 250 g/mol. The van der Waals surface area contributed by atoms with Crippen molar-refractivity contribution in [3.05, 3.63) is 40.5 Å². The number of nitrogens with zero attached hydrogens (tertiary/aromatic N) is 3. The molecule has 0 radical (unpaired) electrons. The summed E-state index contributed by atoms with van der Waals surface area (Å²) in [6.45, 7) is 0. The Balaban J connectivity index is 2.07. The Morgan fingerprint density at radius 2 is 1.72 bits per heavy atom. The van der Waals surface area contributed by atoms with Crippen LogP contribution in [0.15, 0.2) is 24.3 Å². The lowest BCUT2D eigenvalue weighted by Gasteiger charge is -2.15. The molecule has 0 bridgehead atoms. The molecule has 6 heteroatoms. The first-order valence-corrected chi connectivity index (χ1v) is 6.02. The zero-order valence-corrected chi connectivity index (χ0v) is 10.4. The topological polar surface area (TPSA) is 90.7 Å². The van der Waals surface area contributed by atoms with Gasteiger partial charge in [-0.2, -0.15) is 4.98 Å². The Morgan fingerprint density at radius 1 is 1.06 bits per heavy atom. The highest BCUT2D eigenvalue weighted by molar-refractivity contribution is 6.30. The summed E-state index contributed by atoms with van der Waals surface area (Å²) < 4.78 is 0. The molecule has 2 aromatic rings. The zero-order chi connectivity index (χ0) is 12.8. The normalized spacial score (nSPS) is 16.5. The Kier molecular flexibility index (Phi) is 2.38. The SMILES string of the molecule is Nc1nnc(C2(c3ccc(Cl)cc3)CC2)c(N)n1. The monoisotopic (exact) mass is 261 g/mol. The van der Waals surface area contributed by atoms with Crippen LogP contribution < -0.4 is 11.5 Å². The molecule has 1 aliphatic carbocycles. The van der Waals surface area contributed by atoms with E-state index in [0.717, 1.165) is 18.4 Å². The fraction of sp³-hybridized carbons (Fsp3) is 0.250. The molecule has 1 heterocycles. The van der Waals surface area contributed by atoms with Gasteiger partial charge in [0.25, 0.3) is 0 Å². The third-order valence-electron chi connectivity index (χ3n) is 3.33. The van der Waals surface area contributed by atoms with Crippen LogP contribution in [0.25, 0.3) is 0 Å². The summed E-state index contributed by atoms with van der Waals surface area (Å²) in [5, 5.41) is 8.63. The molecule has 1 aromatic heterocycles. The number of aromatic nitrogens is 3. The van der Waals surface area contributed by atoms with E-state index in [9.17, 15) is 0 Å². The minimum absolute atomic E-state index is 0.100. The number of benzene rings is 1. The van der Waals surface area contributed by atoms with Gasteiger partial charge in [-0.25, -0.2) is 0 Å². The largest absolute Gasteiger partial charge is 0.382 e. The van der Waals surface area contributed by atoms with E-state index in [1.165, 1.54) is 0 Å². The molecule has 0 saturated heterocycles. The molecule has 5 nitrogen and oxygen atoms in total. The van der Waals surface area contributed by atoms with Crippen molar-refractivity contribution in [2.24, 2.45) is 0 Å². The fourth-order valence-electron chi connectivity index (χ4n) is 2.25. The molecule has 18 heavy (non-hydrogen) atoms. The van der Waals surface area contributed by atoms with Crippen molar-refractivity contribution in [3.63, 3.8) is 0 Å². The molecule has 92 valence electrons. The molecule has 0 amide bonds. The van der Waals surface area contributed by atoms with Gasteiger partial charge in [0.05, 0.1) is 0 Å². The quantitative estimate of drug-likeness (QED) is 0.860. The van der Waals surface area contributed by atoms with E-state index in [4.69, 9.17) is 23.1 Å². The summed E-state index contributed by atoms with van der Waals surface area (Å²) in [4.78, 5) is 3.98. The lowest BCUT2D eigenvalue weighted by molar-refractivity contribution is 0.761. The van der Waals surface area contributed by atoms with E-state index in [-0.39, 0.29) is 11.4 Å². The first-order valence-electron chi connectivity index (χ1n) is 5.64. The van der Waals surface area contributed by atoms with Gasteiger partial charge in [0.2, 0.25) is 5.95 Å². The van der Waals surface area contributed by atoms with Gasteiger partial charge in [-0.05, 0) is 30.5 Å². The zero-order valence-electron chi connectivity index (χ0n) is 9.60. The van der Waals surface area contributed by atoms with Crippen LogP contribution in [-0.2, 0) is 5.41 Å². The van der Waals surface area contributed by atoms with Crippen LogP contribution in [0.3, 0.4) is 0 Å². The van der Waals surface area contributed by atoms with Gasteiger partial charge in [0.1, 0.15) is 5.69 Å². The minimum atomic E-state index is -0.164. The van der Waals surface area contributed by atoms with Crippen molar-refractivity contribution < 1.29 is 0 Å². The Bertz CT molecular complexity index is 592. The highest BCUT2D eigenvalue weighted by Gasteiger charge is 2.49. The molecule has 0 atom stereocenters. The van der Waals surface area contributed by atoms with Crippen LogP contribution in [0.2, 0.25) is 5.02 Å². The summed E-state index contributed by atoms with van der Waals surface area (Å²) in [6.07, 6.45) is 1.97. The smallest absolute Gasteiger partial charge is 0.242 e. The number of nitrogen functional groups attached to an aromatic ring is 2. The van der Waals surface area contributed by atoms with Crippen LogP contribution in [0.5, 0.6) is 0 Å². The fourth-order valence-corrected chi connectivity index (χ4v) is 2.37. The molecule has 3 rings (SSSR count). The maximum absolute atomic E-state index is 5.90. The van der Waals surface area contributed by atoms with Crippen LogP contribution in [-0.4, -0.2) is 15.2 Å². The average Bonchev–Trinajstić information content (AvgIpc) is 3.11. The third kappa shape index (κ3) is 1.67. The van der Waals surface area contributed by atoms with E-state index in [2.05, 4.69) is 15.2 Å². The number of nitrogens with two attached hydrogens (primary N) is 2. The highest BCUT2D eigenvalue weighted by atomic mass is 35.5. The maximum Gasteiger partial charge on any atom is 0.242 e. The van der Waals surface area contributed by atoms with E-state index in [1.807, 2.05) is 24.3 Å². The van der Waals surface area contributed by atoms with Crippen molar-refractivity contribution in [3.8, 4) is 0 Å². The average molecular weight is 262 g/mol. The van der Waals surface area contributed by atoms with Crippen LogP contribution >= 0.6 is 11.6 Å². The first-order chi connectivity index (χ1) is 8.62. The first kappa shape index (κ1) is 11.2. The second kappa shape index (κ2) is 3.81. The molecule has 1 saturated carbocycles. The molecule has 0 aliphatic heterocycles. The minimum Gasteiger partial charge on any atom is -0.382 e. The van der Waals surface area contributed by atoms with E-state index >= 15 is 0 Å². The molecule has 1 fully saturated rings. The van der Waals surface area contributed by atoms with Crippen LogP contribution in [0, 0.1) is 0 Å². The number of rotatable bonds is 2. The Labute approximate surface area is 109 Å². The molecule has 4 N–H and O–H groups in total. The van der Waals surface area contributed by atoms with Gasteiger partial charge < -0.3 is 11.5 Å². The van der Waals surface area contributed by atoms with Crippen molar-refractivity contribution in [2.45, 2.75) is 18.3 Å². The summed E-state index contributed by atoms with van der Waals surface area (Å²) in [5.41, 5.74) is 13.0. The Morgan fingerprint density at radius 3 is 2.28 bits per heavy atom. The lowest BCUT2D eigenvalue weighted by Crippen LogP contribution is -2.17. The highest BCUT2D eigenvalue weighted by Crippen LogP contribution is 2.53. The van der Waals surface area contributed by atoms with Crippen molar-refractivity contribution >= 4 is 23.4 Å². The van der Waals surface area contributed by atoms with Gasteiger partial charge in [0.15, 0.2) is 5.82 Å². The lowest BCUT2D eigenvalue weighted by atomic mass is 9.92. The predicted molar refractivity (Wildman–Crippen MR) is 70.1 cm³/mol. The van der Waals surface area contributed by atoms with E-state index in [1.54, 1.807) is 0 Å². The summed E-state index contributed by atoms with van der Waals surface area (Å²) in [7, 11) is 0. The molecule has 1 aromatic carbocycles. The number of anilines is 2. The van der Waals surface area contributed by atoms with Gasteiger partial charge in [-0.1, -0.05) is 23.7 Å². The number of hydrogen-bond acceptors (Lipinski definition) is 5. The molecule has 0 spiro atoms. The van der Waals surface area contributed by atoms with Crippen molar-refractivity contribution in [1.29, 1.82) is 0 Å². The standard InChI is InChI=1S/C12H12ClN5/c13-8-3-1-7(2-4-8)12(5-6-12)9-10(14)16-11(15)18-17-9/h1-4H,5-6H2,(H4,14,15,16,18). The summed E-state index contributed by atoms with van der Waals surface area (Å²) in [5.74, 6) is 0.457. The summed E-state index contributed by atoms with van der Waals surface area (Å²) in [6, 6.07) is 7.72. The second-order valence-corrected chi connectivity index (χ2v) is 4.93. The summed E-state index contributed by atoms with van der Waals surface area (Å²) >= 11 is 5.90. The van der Waals surface area contributed by atoms with Gasteiger partial charge in [0, 0.05) is 10.4 Å². The van der Waals surface area contributed by atoms with Gasteiger partial charge in [-0.3, -0.25) is 0 Å². The third-order valence-corrected chi connectivity index (χ3v) is 3.58. The molecule has 0 unspecified atom stereocenters. The molecule has 1 aliphatic rings. The molecular formula is C12H12ClN5. The maximum atomic E-state index is 5.90. The van der Waals surface area contributed by atoms with E-state index < -0.39 is 0 Å². The number of hydrogen-bond donors (Lipinski definition) is 2. The van der Waals surface area contributed by atoms with Crippen molar-refractivity contribution in [2.75, 3.05) is 11.5 Å². The second-order valence-electron chi connectivity index (χ2n) is 4.49. The van der Waals surface area contributed by atoms with E-state index in [0.29, 0.717) is 16.5 Å². The number of halogens is 1. The van der Waals surface area contributed by atoms with Gasteiger partial charge >= 0.3 is 0 Å². The van der Waals surface area contributed by atoms with Crippen LogP contribution in [0.1, 0.15) is 24.1 Å². The predicted octanol–water partition coefficient (Wildman–Crippen LogP) is 1.77. The Hall–Kier alpha value is -1.88. The van der Waals surface area contributed by atoms with Crippen molar-refractivity contribution in [1.82, 2.24) is 15.2 Å². The van der Waals surface area contributed by atoms with Gasteiger partial charge in [-0.15, -0.1) is 10.2 Å².